The number of benzene rings is 1. The van der Waals surface area contributed by atoms with E-state index in [9.17, 15) is 4.79 Å². The quantitative estimate of drug-likeness (QED) is 0.945. The number of nitrogens with two attached hydrogens (primary N) is 1. The van der Waals surface area contributed by atoms with Crippen LogP contribution in [0.5, 0.6) is 0 Å². The Bertz CT molecular complexity index is 569. The van der Waals surface area contributed by atoms with Gasteiger partial charge >= 0.3 is 0 Å². The molecule has 0 saturated heterocycles. The van der Waals surface area contributed by atoms with Gasteiger partial charge in [0.05, 0.1) is 0 Å². The fraction of sp³-hybridized carbons (Fsp3) is 0.143. The minimum absolute atomic E-state index is 0.160. The Labute approximate surface area is 114 Å². The number of aromatic nitrogens is 1. The summed E-state index contributed by atoms with van der Waals surface area (Å²) in [6, 6.07) is 11.3. The van der Waals surface area contributed by atoms with E-state index in [4.69, 9.17) is 5.73 Å². The van der Waals surface area contributed by atoms with Gasteiger partial charge in [-0.2, -0.15) is 0 Å². The molecule has 0 bridgehead atoms. The van der Waals surface area contributed by atoms with E-state index < -0.39 is 0 Å². The summed E-state index contributed by atoms with van der Waals surface area (Å²) in [5.74, 6) is 0.605. The summed E-state index contributed by atoms with van der Waals surface area (Å²) in [7, 11) is 0. The van der Waals surface area contributed by atoms with Crippen LogP contribution in [-0.4, -0.2) is 10.8 Å². The predicted molar refractivity (Wildman–Crippen MR) is 75.2 cm³/mol. The van der Waals surface area contributed by atoms with Crippen molar-refractivity contribution in [3.8, 4) is 0 Å². The second kappa shape index (κ2) is 5.78. The second-order valence-corrected chi connectivity index (χ2v) is 4.93. The first-order chi connectivity index (χ1) is 8.65. The van der Waals surface area contributed by atoms with E-state index in [0.29, 0.717) is 18.7 Å². The third-order valence-electron chi connectivity index (χ3n) is 2.59. The highest BCUT2D eigenvalue weighted by Crippen LogP contribution is 2.17. The maximum Gasteiger partial charge on any atom is 0.141 e. The lowest BCUT2D eigenvalue weighted by Crippen LogP contribution is -2.07. The van der Waals surface area contributed by atoms with Crippen molar-refractivity contribution >= 4 is 27.5 Å². The van der Waals surface area contributed by atoms with Crippen LogP contribution in [0, 0.1) is 0 Å². The number of carbonyl (C=O) groups is 1. The van der Waals surface area contributed by atoms with Gasteiger partial charge in [-0.3, -0.25) is 4.79 Å². The number of rotatable bonds is 4. The summed E-state index contributed by atoms with van der Waals surface area (Å²) in [5, 5.41) is 0. The highest BCUT2D eigenvalue weighted by molar-refractivity contribution is 9.10. The molecule has 0 radical (unpaired) electrons. The zero-order valence-corrected chi connectivity index (χ0v) is 11.4. The van der Waals surface area contributed by atoms with Gasteiger partial charge in [-0.15, -0.1) is 0 Å². The number of Topliss-reactive ketones (excluding diaryl/α,β-unsaturated/α-hetero) is 1. The van der Waals surface area contributed by atoms with E-state index in [-0.39, 0.29) is 5.78 Å². The molecule has 0 aliphatic carbocycles. The fourth-order valence-corrected chi connectivity index (χ4v) is 2.17. The Morgan fingerprint density at radius 2 is 2.00 bits per heavy atom. The largest absolute Gasteiger partial charge is 0.384 e. The topological polar surface area (TPSA) is 56.0 Å². The van der Waals surface area contributed by atoms with Crippen LogP contribution in [0.15, 0.2) is 47.1 Å². The van der Waals surface area contributed by atoms with Gasteiger partial charge in [0.25, 0.3) is 0 Å². The number of pyridine rings is 1. The molecule has 4 heteroatoms. The molecule has 1 aromatic carbocycles. The summed E-state index contributed by atoms with van der Waals surface area (Å²) in [6.07, 6.45) is 2.42. The molecule has 3 nitrogen and oxygen atoms in total. The average molecular weight is 305 g/mol. The number of carbonyl (C=O) groups excluding carboxylic acids is 1. The zero-order chi connectivity index (χ0) is 13.0. The molecule has 1 aromatic heterocycles. The van der Waals surface area contributed by atoms with Gasteiger partial charge < -0.3 is 5.73 Å². The van der Waals surface area contributed by atoms with Crippen molar-refractivity contribution in [2.45, 2.75) is 12.8 Å². The van der Waals surface area contributed by atoms with Gasteiger partial charge in [0, 0.05) is 23.5 Å². The molecule has 0 unspecified atom stereocenters. The number of ketones is 1. The standard InChI is InChI=1S/C14H13BrN2O/c15-13-4-2-1-3-11(13)9-12(18)7-10-5-6-17-14(16)8-10/h1-6,8H,7,9H2,(H2,16,17). The summed E-state index contributed by atoms with van der Waals surface area (Å²) >= 11 is 3.44. The number of nitrogen functional groups attached to an aromatic ring is 1. The van der Waals surface area contributed by atoms with Gasteiger partial charge in [0.2, 0.25) is 0 Å². The number of halogens is 1. The van der Waals surface area contributed by atoms with E-state index in [1.807, 2.05) is 30.3 Å². The molecular weight excluding hydrogens is 292 g/mol. The molecule has 0 fully saturated rings. The van der Waals surface area contributed by atoms with Gasteiger partial charge in [0.15, 0.2) is 0 Å². The first-order valence-electron chi connectivity index (χ1n) is 5.60. The van der Waals surface area contributed by atoms with Crippen LogP contribution in [0.3, 0.4) is 0 Å². The zero-order valence-electron chi connectivity index (χ0n) is 9.77. The lowest BCUT2D eigenvalue weighted by Gasteiger charge is -2.04. The minimum atomic E-state index is 0.160. The van der Waals surface area contributed by atoms with Crippen molar-refractivity contribution in [3.05, 3.63) is 58.2 Å². The van der Waals surface area contributed by atoms with E-state index in [2.05, 4.69) is 20.9 Å². The van der Waals surface area contributed by atoms with Crippen LogP contribution < -0.4 is 5.73 Å². The second-order valence-electron chi connectivity index (χ2n) is 4.07. The van der Waals surface area contributed by atoms with Crippen LogP contribution in [0.2, 0.25) is 0 Å². The van der Waals surface area contributed by atoms with Crippen molar-refractivity contribution in [3.63, 3.8) is 0 Å². The summed E-state index contributed by atoms with van der Waals surface area (Å²) < 4.78 is 0.965. The van der Waals surface area contributed by atoms with Gasteiger partial charge in [0.1, 0.15) is 11.6 Å². The maximum absolute atomic E-state index is 12.0. The van der Waals surface area contributed by atoms with Gasteiger partial charge in [-0.05, 0) is 29.3 Å². The first-order valence-corrected chi connectivity index (χ1v) is 6.40. The third-order valence-corrected chi connectivity index (χ3v) is 3.37. The molecule has 0 spiro atoms. The Kier molecular flexibility index (Phi) is 4.10. The molecule has 2 aromatic rings. The number of nitrogens with zero attached hydrogens (tertiary/aromatic N) is 1. The van der Waals surface area contributed by atoms with Crippen molar-refractivity contribution in [2.24, 2.45) is 0 Å². The molecule has 0 atom stereocenters. The van der Waals surface area contributed by atoms with E-state index in [1.165, 1.54) is 0 Å². The average Bonchev–Trinajstić information content (AvgIpc) is 2.32. The highest BCUT2D eigenvalue weighted by Gasteiger charge is 2.07. The Balaban J connectivity index is 2.03. The molecule has 0 amide bonds. The molecule has 1 heterocycles. The lowest BCUT2D eigenvalue weighted by molar-refractivity contribution is -0.117. The third kappa shape index (κ3) is 3.40. The summed E-state index contributed by atoms with van der Waals surface area (Å²) in [5.41, 5.74) is 7.49. The summed E-state index contributed by atoms with van der Waals surface area (Å²) in [4.78, 5) is 15.9. The molecule has 0 aliphatic rings. The molecule has 0 aliphatic heterocycles. The van der Waals surface area contributed by atoms with Crippen LogP contribution in [0.4, 0.5) is 5.82 Å². The predicted octanol–water partition coefficient (Wildman–Crippen LogP) is 2.78. The van der Waals surface area contributed by atoms with Crippen molar-refractivity contribution in [2.75, 3.05) is 5.73 Å². The maximum atomic E-state index is 12.0. The minimum Gasteiger partial charge on any atom is -0.384 e. The van der Waals surface area contributed by atoms with Crippen LogP contribution in [-0.2, 0) is 17.6 Å². The normalized spacial score (nSPS) is 10.3. The van der Waals surface area contributed by atoms with Crippen molar-refractivity contribution < 1.29 is 4.79 Å². The number of anilines is 1. The Hall–Kier alpha value is -1.68. The van der Waals surface area contributed by atoms with Crippen LogP contribution >= 0.6 is 15.9 Å². The van der Waals surface area contributed by atoms with E-state index >= 15 is 0 Å². The highest BCUT2D eigenvalue weighted by atomic mass is 79.9. The van der Waals surface area contributed by atoms with Crippen LogP contribution in [0.1, 0.15) is 11.1 Å². The monoisotopic (exact) mass is 304 g/mol. The molecule has 2 N–H and O–H groups in total. The molecular formula is C14H13BrN2O. The van der Waals surface area contributed by atoms with Gasteiger partial charge in [-0.1, -0.05) is 34.1 Å². The Morgan fingerprint density at radius 3 is 2.72 bits per heavy atom. The SMILES string of the molecule is Nc1cc(CC(=O)Cc2ccccc2Br)ccn1. The molecule has 0 saturated carbocycles. The van der Waals surface area contributed by atoms with Crippen molar-refractivity contribution in [1.29, 1.82) is 0 Å². The Morgan fingerprint density at radius 1 is 1.22 bits per heavy atom. The van der Waals surface area contributed by atoms with Crippen LogP contribution in [0.25, 0.3) is 0 Å². The molecule has 2 rings (SSSR count). The number of hydrogen-bond donors (Lipinski definition) is 1. The molecule has 18 heavy (non-hydrogen) atoms. The summed E-state index contributed by atoms with van der Waals surface area (Å²) in [6.45, 7) is 0. The molecule has 92 valence electrons. The lowest BCUT2D eigenvalue weighted by atomic mass is 10.0. The van der Waals surface area contributed by atoms with Gasteiger partial charge in [-0.25, -0.2) is 4.98 Å². The van der Waals surface area contributed by atoms with E-state index in [0.717, 1.165) is 15.6 Å². The smallest absolute Gasteiger partial charge is 0.141 e. The number of hydrogen-bond acceptors (Lipinski definition) is 3. The van der Waals surface area contributed by atoms with Crippen molar-refractivity contribution in [1.82, 2.24) is 4.98 Å². The first kappa shape index (κ1) is 12.8. The fourth-order valence-electron chi connectivity index (χ4n) is 1.75. The van der Waals surface area contributed by atoms with E-state index in [1.54, 1.807) is 12.3 Å².